The Kier molecular flexibility index (Phi) is 5.57. The van der Waals surface area contributed by atoms with Gasteiger partial charge in [-0.15, -0.1) is 0 Å². The Balaban J connectivity index is 1.45. The van der Waals surface area contributed by atoms with Crippen LogP contribution in [0.2, 0.25) is 0 Å². The van der Waals surface area contributed by atoms with Gasteiger partial charge in [-0.05, 0) is 43.7 Å². The van der Waals surface area contributed by atoms with Gasteiger partial charge in [0, 0.05) is 49.7 Å². The van der Waals surface area contributed by atoms with E-state index in [9.17, 15) is 14.0 Å². The van der Waals surface area contributed by atoms with Crippen molar-refractivity contribution in [3.05, 3.63) is 53.0 Å². The van der Waals surface area contributed by atoms with Crippen LogP contribution in [0.5, 0.6) is 5.75 Å². The Labute approximate surface area is 173 Å². The van der Waals surface area contributed by atoms with Gasteiger partial charge in [0.15, 0.2) is 11.6 Å². The van der Waals surface area contributed by atoms with Crippen molar-refractivity contribution < 1.29 is 13.9 Å². The van der Waals surface area contributed by atoms with E-state index in [0.29, 0.717) is 17.6 Å². The number of aryl methyl sites for hydroxylation is 1. The van der Waals surface area contributed by atoms with E-state index in [1.54, 1.807) is 42.2 Å². The lowest BCUT2D eigenvalue weighted by Crippen LogP contribution is -2.30. The van der Waals surface area contributed by atoms with Gasteiger partial charge in [0.05, 0.1) is 18.1 Å². The molecule has 3 aromatic rings. The number of nitrogens with one attached hydrogen (secondary N) is 1. The molecule has 1 aromatic carbocycles. The first-order valence-electron chi connectivity index (χ1n) is 10.1. The van der Waals surface area contributed by atoms with E-state index >= 15 is 0 Å². The minimum Gasteiger partial charge on any atom is -0.494 e. The fourth-order valence-corrected chi connectivity index (χ4v) is 4.28. The fraction of sp³-hybridized carbons (Fsp3) is 0.409. The van der Waals surface area contributed by atoms with Crippen molar-refractivity contribution in [2.75, 3.05) is 12.4 Å². The van der Waals surface area contributed by atoms with Crippen LogP contribution in [0.3, 0.4) is 0 Å². The second kappa shape index (κ2) is 8.30. The number of fused-ring (bicyclic) bond motifs is 1. The zero-order valence-corrected chi connectivity index (χ0v) is 17.1. The number of benzene rings is 1. The summed E-state index contributed by atoms with van der Waals surface area (Å²) in [6, 6.07) is 6.47. The minimum atomic E-state index is -0.488. The molecule has 2 heterocycles. The highest BCUT2D eigenvalue weighted by molar-refractivity contribution is 5.92. The Morgan fingerprint density at radius 2 is 1.90 bits per heavy atom. The number of hydrogen-bond donors (Lipinski definition) is 1. The van der Waals surface area contributed by atoms with E-state index in [1.165, 1.54) is 17.7 Å². The molecule has 0 aliphatic heterocycles. The molecule has 2 aromatic heterocycles. The number of ether oxygens (including phenoxy) is 1. The second-order valence-electron chi connectivity index (χ2n) is 7.87. The number of methoxy groups -OCH3 is 1. The first-order chi connectivity index (χ1) is 14.5. The fourth-order valence-electron chi connectivity index (χ4n) is 4.28. The molecule has 7 nitrogen and oxygen atoms in total. The van der Waals surface area contributed by atoms with E-state index in [0.717, 1.165) is 31.4 Å². The van der Waals surface area contributed by atoms with E-state index in [1.807, 2.05) is 0 Å². The zero-order chi connectivity index (χ0) is 21.3. The summed E-state index contributed by atoms with van der Waals surface area (Å²) >= 11 is 0. The highest BCUT2D eigenvalue weighted by Crippen LogP contribution is 2.32. The van der Waals surface area contributed by atoms with Crippen molar-refractivity contribution in [1.82, 2.24) is 14.1 Å². The molecular weight excluding hydrogens is 387 g/mol. The summed E-state index contributed by atoms with van der Waals surface area (Å²) < 4.78 is 22.3. The molecule has 0 radical (unpaired) electrons. The van der Waals surface area contributed by atoms with Gasteiger partial charge in [0.1, 0.15) is 0 Å². The summed E-state index contributed by atoms with van der Waals surface area (Å²) in [7, 11) is 3.06. The lowest BCUT2D eigenvalue weighted by atomic mass is 9.81. The number of carbonyl (C=O) groups is 1. The van der Waals surface area contributed by atoms with Gasteiger partial charge < -0.3 is 10.1 Å². The van der Waals surface area contributed by atoms with Crippen molar-refractivity contribution in [3.8, 4) is 5.75 Å². The van der Waals surface area contributed by atoms with E-state index in [4.69, 9.17) is 4.74 Å². The van der Waals surface area contributed by atoms with Crippen LogP contribution < -0.4 is 15.7 Å². The number of halogens is 1. The van der Waals surface area contributed by atoms with Crippen LogP contribution in [-0.4, -0.2) is 27.1 Å². The van der Waals surface area contributed by atoms with Crippen molar-refractivity contribution in [2.45, 2.75) is 32.2 Å². The van der Waals surface area contributed by atoms with Crippen molar-refractivity contribution >= 4 is 22.6 Å². The van der Waals surface area contributed by atoms with Gasteiger partial charge in [-0.2, -0.15) is 0 Å². The summed E-state index contributed by atoms with van der Waals surface area (Å²) in [5, 5.41) is 2.94. The number of pyridine rings is 1. The Morgan fingerprint density at radius 1 is 1.20 bits per heavy atom. The Bertz CT molecular complexity index is 1110. The number of hydrogen-bond acceptors (Lipinski definition) is 4. The molecule has 30 heavy (non-hydrogen) atoms. The lowest BCUT2D eigenvalue weighted by molar-refractivity contribution is -0.121. The maximum absolute atomic E-state index is 14.1. The summed E-state index contributed by atoms with van der Waals surface area (Å²) in [4.78, 5) is 29.2. The van der Waals surface area contributed by atoms with Crippen LogP contribution in [0.25, 0.3) is 11.0 Å². The van der Waals surface area contributed by atoms with Crippen LogP contribution in [0.15, 0.2) is 41.5 Å². The first kappa shape index (κ1) is 20.1. The number of carbonyl (C=O) groups excluding carboxylic acids is 1. The molecule has 158 valence electrons. The third-order valence-electron chi connectivity index (χ3n) is 6.03. The van der Waals surface area contributed by atoms with Gasteiger partial charge in [-0.25, -0.2) is 9.18 Å². The molecular formula is C22H25FN4O3. The summed E-state index contributed by atoms with van der Waals surface area (Å²) in [6.07, 6.45) is 6.56. The smallest absolute Gasteiger partial charge is 0.328 e. The highest BCUT2D eigenvalue weighted by atomic mass is 19.1. The second-order valence-corrected chi connectivity index (χ2v) is 7.87. The zero-order valence-electron chi connectivity index (χ0n) is 17.1. The minimum absolute atomic E-state index is 0.0298. The molecule has 8 heteroatoms. The molecule has 0 unspecified atom stereocenters. The predicted octanol–water partition coefficient (Wildman–Crippen LogP) is 3.33. The average Bonchev–Trinajstić information content (AvgIpc) is 2.98. The maximum Gasteiger partial charge on any atom is 0.328 e. The van der Waals surface area contributed by atoms with Gasteiger partial charge in [-0.3, -0.25) is 18.9 Å². The van der Waals surface area contributed by atoms with Crippen LogP contribution in [-0.2, 0) is 18.4 Å². The molecule has 0 atom stereocenters. The largest absolute Gasteiger partial charge is 0.494 e. The summed E-state index contributed by atoms with van der Waals surface area (Å²) in [5.74, 6) is -0.0823. The highest BCUT2D eigenvalue weighted by Gasteiger charge is 2.27. The summed E-state index contributed by atoms with van der Waals surface area (Å²) in [6.45, 7) is 0.545. The van der Waals surface area contributed by atoms with Crippen molar-refractivity contribution in [1.29, 1.82) is 0 Å². The monoisotopic (exact) mass is 412 g/mol. The van der Waals surface area contributed by atoms with Gasteiger partial charge in [-0.1, -0.05) is 0 Å². The quantitative estimate of drug-likeness (QED) is 0.697. The van der Waals surface area contributed by atoms with Gasteiger partial charge >= 0.3 is 5.69 Å². The first-order valence-corrected chi connectivity index (χ1v) is 10.1. The lowest BCUT2D eigenvalue weighted by Gasteiger charge is -2.28. The molecule has 0 bridgehead atoms. The standard InChI is InChI=1S/C22H25FN4O3/c1-26-18-11-17(23)20(30-2)12-19(18)27(22(26)29)13-14-3-5-15(6-4-14)21(28)25-16-7-9-24-10-8-16/h7-12,14-15H,3-6,13H2,1-2H3,(H,24,25,28)/t14-,15-. The molecule has 1 aliphatic carbocycles. The number of aromatic nitrogens is 3. The van der Waals surface area contributed by atoms with Crippen LogP contribution in [0.4, 0.5) is 10.1 Å². The molecule has 1 N–H and O–H groups in total. The van der Waals surface area contributed by atoms with Gasteiger partial charge in [0.2, 0.25) is 5.91 Å². The number of rotatable bonds is 5. The SMILES string of the molecule is COc1cc2c(cc1F)n(C)c(=O)n2C[C@H]1CC[C@H](C(=O)Nc2ccncc2)CC1. The van der Waals surface area contributed by atoms with Crippen molar-refractivity contribution in [3.63, 3.8) is 0 Å². The summed E-state index contributed by atoms with van der Waals surface area (Å²) in [5.41, 5.74) is 1.79. The van der Waals surface area contributed by atoms with Crippen LogP contribution in [0, 0.1) is 17.7 Å². The third kappa shape index (κ3) is 3.81. The molecule has 1 amide bonds. The Morgan fingerprint density at radius 3 is 2.57 bits per heavy atom. The molecule has 4 rings (SSSR count). The molecule has 0 saturated heterocycles. The molecule has 0 spiro atoms. The molecule has 1 saturated carbocycles. The topological polar surface area (TPSA) is 78.1 Å². The predicted molar refractivity (Wildman–Crippen MR) is 112 cm³/mol. The normalized spacial score (nSPS) is 19.0. The van der Waals surface area contributed by atoms with Crippen LogP contribution >= 0.6 is 0 Å². The number of amides is 1. The number of anilines is 1. The van der Waals surface area contributed by atoms with Crippen molar-refractivity contribution in [2.24, 2.45) is 18.9 Å². The van der Waals surface area contributed by atoms with E-state index < -0.39 is 5.82 Å². The maximum atomic E-state index is 14.1. The third-order valence-corrected chi connectivity index (χ3v) is 6.03. The van der Waals surface area contributed by atoms with E-state index in [2.05, 4.69) is 10.3 Å². The number of nitrogens with zero attached hydrogens (tertiary/aromatic N) is 3. The molecule has 1 fully saturated rings. The van der Waals surface area contributed by atoms with Gasteiger partial charge in [0.25, 0.3) is 0 Å². The van der Waals surface area contributed by atoms with E-state index in [-0.39, 0.29) is 29.2 Å². The molecule has 1 aliphatic rings. The number of imidazole rings is 1. The Hall–Kier alpha value is -3.16. The van der Waals surface area contributed by atoms with Crippen LogP contribution in [0.1, 0.15) is 25.7 Å². The average molecular weight is 412 g/mol.